The van der Waals surface area contributed by atoms with Crippen molar-refractivity contribution in [2.75, 3.05) is 5.73 Å². The van der Waals surface area contributed by atoms with Crippen molar-refractivity contribution in [3.05, 3.63) is 23.2 Å². The van der Waals surface area contributed by atoms with Crippen LogP contribution in [0.5, 0.6) is 0 Å². The van der Waals surface area contributed by atoms with Crippen LogP contribution in [0.25, 0.3) is 0 Å². The van der Waals surface area contributed by atoms with E-state index >= 15 is 0 Å². The molecule has 1 aromatic rings. The number of aromatic nitrogens is 1. The van der Waals surface area contributed by atoms with Gasteiger partial charge in [0.1, 0.15) is 5.92 Å². The Morgan fingerprint density at radius 2 is 2.54 bits per heavy atom. The second-order valence-corrected chi connectivity index (χ2v) is 3.34. The lowest BCUT2D eigenvalue weighted by Crippen LogP contribution is -2.09. The van der Waals surface area contributed by atoms with Gasteiger partial charge in [0, 0.05) is 5.38 Å². The number of hydrogen-bond acceptors (Lipinski definition) is 4. The third kappa shape index (κ3) is 2.29. The zero-order valence-electron chi connectivity index (χ0n) is 7.10. The van der Waals surface area contributed by atoms with E-state index in [0.29, 0.717) is 10.8 Å². The molecule has 0 aliphatic heterocycles. The average Bonchev–Trinajstić information content (AvgIpc) is 2.46. The van der Waals surface area contributed by atoms with Crippen LogP contribution < -0.4 is 5.73 Å². The highest BCUT2D eigenvalue weighted by Crippen LogP contribution is 2.21. The lowest BCUT2D eigenvalue weighted by atomic mass is 10.1. The molecule has 1 unspecified atom stereocenters. The maximum atomic E-state index is 10.8. The molecule has 3 N–H and O–H groups in total. The minimum absolute atomic E-state index is 0.394. The molecule has 5 heteroatoms. The Morgan fingerprint density at radius 3 is 2.92 bits per heavy atom. The molecule has 1 aromatic heterocycles. The molecule has 0 saturated carbocycles. The topological polar surface area (TPSA) is 76.2 Å². The fourth-order valence-corrected chi connectivity index (χ4v) is 1.54. The van der Waals surface area contributed by atoms with Gasteiger partial charge in [0.25, 0.3) is 0 Å². The summed E-state index contributed by atoms with van der Waals surface area (Å²) in [7, 11) is 0. The molecule has 13 heavy (non-hydrogen) atoms. The van der Waals surface area contributed by atoms with Crippen LogP contribution in [0.15, 0.2) is 17.5 Å². The number of aliphatic carboxylic acids is 1. The van der Waals surface area contributed by atoms with Gasteiger partial charge in [0.2, 0.25) is 0 Å². The van der Waals surface area contributed by atoms with E-state index in [1.807, 2.05) is 0 Å². The smallest absolute Gasteiger partial charge is 0.316 e. The van der Waals surface area contributed by atoms with Gasteiger partial charge in [-0.05, 0) is 6.92 Å². The maximum Gasteiger partial charge on any atom is 0.316 e. The van der Waals surface area contributed by atoms with Crippen LogP contribution in [0.2, 0.25) is 0 Å². The second kappa shape index (κ2) is 4.04. The summed E-state index contributed by atoms with van der Waals surface area (Å²) in [4.78, 5) is 14.7. The minimum atomic E-state index is -0.914. The molecule has 0 bridgehead atoms. The number of carboxylic acid groups (broad SMARTS) is 1. The summed E-state index contributed by atoms with van der Waals surface area (Å²) in [5.41, 5.74) is 5.90. The number of nitrogens with two attached hydrogens (primary N) is 1. The van der Waals surface area contributed by atoms with Gasteiger partial charge in [0.15, 0.2) is 5.13 Å². The Bertz CT molecular complexity index is 333. The van der Waals surface area contributed by atoms with Crippen molar-refractivity contribution in [3.8, 4) is 0 Å². The van der Waals surface area contributed by atoms with Gasteiger partial charge < -0.3 is 10.8 Å². The van der Waals surface area contributed by atoms with E-state index < -0.39 is 11.9 Å². The third-order valence-corrected chi connectivity index (χ3v) is 2.20. The molecule has 0 saturated heterocycles. The van der Waals surface area contributed by atoms with Gasteiger partial charge in [-0.2, -0.15) is 0 Å². The van der Waals surface area contributed by atoms with E-state index in [-0.39, 0.29) is 0 Å². The third-order valence-electron chi connectivity index (χ3n) is 1.51. The van der Waals surface area contributed by atoms with Crippen LogP contribution in [-0.4, -0.2) is 16.1 Å². The van der Waals surface area contributed by atoms with Gasteiger partial charge in [-0.15, -0.1) is 11.3 Å². The Kier molecular flexibility index (Phi) is 3.02. The highest BCUT2D eigenvalue weighted by atomic mass is 32.1. The van der Waals surface area contributed by atoms with Crippen molar-refractivity contribution in [3.63, 3.8) is 0 Å². The van der Waals surface area contributed by atoms with Crippen molar-refractivity contribution in [2.45, 2.75) is 12.8 Å². The zero-order chi connectivity index (χ0) is 9.84. The van der Waals surface area contributed by atoms with Crippen LogP contribution in [0.3, 0.4) is 0 Å². The molecular formula is C8H10N2O2S. The van der Waals surface area contributed by atoms with Crippen molar-refractivity contribution in [2.24, 2.45) is 0 Å². The van der Waals surface area contributed by atoms with Crippen molar-refractivity contribution >= 4 is 22.4 Å². The Morgan fingerprint density at radius 1 is 1.85 bits per heavy atom. The van der Waals surface area contributed by atoms with E-state index in [2.05, 4.69) is 4.98 Å². The van der Waals surface area contributed by atoms with Crippen LogP contribution in [0, 0.1) is 0 Å². The lowest BCUT2D eigenvalue weighted by Gasteiger charge is -2.01. The number of allylic oxidation sites excluding steroid dienone is 1. The number of rotatable bonds is 3. The minimum Gasteiger partial charge on any atom is -0.481 e. The number of thiazole rings is 1. The van der Waals surface area contributed by atoms with E-state index in [0.717, 1.165) is 0 Å². The molecule has 4 nitrogen and oxygen atoms in total. The summed E-state index contributed by atoms with van der Waals surface area (Å²) in [5.74, 6) is -1.60. The number of nitrogen functional groups attached to an aromatic ring is 1. The first-order chi connectivity index (χ1) is 6.15. The van der Waals surface area contributed by atoms with Gasteiger partial charge in [-0.3, -0.25) is 4.79 Å². The summed E-state index contributed by atoms with van der Waals surface area (Å²) < 4.78 is 0. The predicted octanol–water partition coefficient (Wildman–Crippen LogP) is 1.47. The Balaban J connectivity index is 2.94. The van der Waals surface area contributed by atoms with Gasteiger partial charge >= 0.3 is 5.97 Å². The van der Waals surface area contributed by atoms with E-state index in [4.69, 9.17) is 10.8 Å². The second-order valence-electron chi connectivity index (χ2n) is 2.45. The van der Waals surface area contributed by atoms with Gasteiger partial charge in [-0.25, -0.2) is 4.98 Å². The van der Waals surface area contributed by atoms with E-state index in [9.17, 15) is 4.79 Å². The molecule has 0 aromatic carbocycles. The number of carboxylic acids is 1. The largest absolute Gasteiger partial charge is 0.481 e. The molecule has 0 aliphatic rings. The number of nitrogens with zero attached hydrogens (tertiary/aromatic N) is 1. The quantitative estimate of drug-likeness (QED) is 0.721. The van der Waals surface area contributed by atoms with Crippen LogP contribution in [-0.2, 0) is 4.79 Å². The number of anilines is 1. The summed E-state index contributed by atoms with van der Waals surface area (Å²) in [6, 6.07) is 0. The van der Waals surface area contributed by atoms with E-state index in [1.54, 1.807) is 24.5 Å². The SMILES string of the molecule is C/C=C\C(C(=O)O)c1csc(N)n1. The summed E-state index contributed by atoms with van der Waals surface area (Å²) in [5, 5.41) is 10.9. The van der Waals surface area contributed by atoms with Gasteiger partial charge in [0.05, 0.1) is 5.69 Å². The molecular weight excluding hydrogens is 188 g/mol. The lowest BCUT2D eigenvalue weighted by molar-refractivity contribution is -0.137. The molecule has 1 heterocycles. The number of carbonyl (C=O) groups is 1. The predicted molar refractivity (Wildman–Crippen MR) is 51.7 cm³/mol. The molecule has 0 aliphatic carbocycles. The summed E-state index contributed by atoms with van der Waals surface area (Å²) in [6.45, 7) is 1.77. The van der Waals surface area contributed by atoms with Crippen molar-refractivity contribution in [1.29, 1.82) is 0 Å². The fourth-order valence-electron chi connectivity index (χ4n) is 0.943. The van der Waals surface area contributed by atoms with Gasteiger partial charge in [-0.1, -0.05) is 12.2 Å². The molecule has 0 amide bonds. The van der Waals surface area contributed by atoms with E-state index in [1.165, 1.54) is 11.3 Å². The molecule has 1 atom stereocenters. The first-order valence-corrected chi connectivity index (χ1v) is 4.59. The summed E-state index contributed by atoms with van der Waals surface area (Å²) in [6.07, 6.45) is 3.27. The highest BCUT2D eigenvalue weighted by Gasteiger charge is 2.18. The highest BCUT2D eigenvalue weighted by molar-refractivity contribution is 7.13. The van der Waals surface area contributed by atoms with Crippen LogP contribution in [0.1, 0.15) is 18.5 Å². The maximum absolute atomic E-state index is 10.8. The van der Waals surface area contributed by atoms with Crippen molar-refractivity contribution in [1.82, 2.24) is 4.98 Å². The molecule has 0 radical (unpaired) electrons. The number of hydrogen-bond donors (Lipinski definition) is 2. The Labute approximate surface area is 79.7 Å². The van der Waals surface area contributed by atoms with Crippen LogP contribution >= 0.6 is 11.3 Å². The normalized spacial score (nSPS) is 13.3. The average molecular weight is 198 g/mol. The molecule has 1 rings (SSSR count). The Hall–Kier alpha value is -1.36. The standard InChI is InChI=1S/C8H10N2O2S/c1-2-3-5(7(11)12)6-4-13-8(9)10-6/h2-5H,1H3,(H2,9,10)(H,11,12)/b3-2-. The summed E-state index contributed by atoms with van der Waals surface area (Å²) >= 11 is 1.25. The molecule has 0 fully saturated rings. The van der Waals surface area contributed by atoms with Crippen LogP contribution in [0.4, 0.5) is 5.13 Å². The zero-order valence-corrected chi connectivity index (χ0v) is 7.91. The molecule has 0 spiro atoms. The van der Waals surface area contributed by atoms with Crippen molar-refractivity contribution < 1.29 is 9.90 Å². The monoisotopic (exact) mass is 198 g/mol. The first-order valence-electron chi connectivity index (χ1n) is 3.71. The molecule has 70 valence electrons. The fraction of sp³-hybridized carbons (Fsp3) is 0.250. The first kappa shape index (κ1) is 9.73.